The lowest BCUT2D eigenvalue weighted by molar-refractivity contribution is -0.0491. The van der Waals surface area contributed by atoms with Gasteiger partial charge in [0.2, 0.25) is 5.28 Å². The summed E-state index contributed by atoms with van der Waals surface area (Å²) < 4.78 is 75.2. The number of rotatable bonds is 8. The fourth-order valence-corrected chi connectivity index (χ4v) is 8.26. The molecule has 0 amide bonds. The first-order chi connectivity index (χ1) is 34.1. The molecule has 16 unspecified atom stereocenters. The summed E-state index contributed by atoms with van der Waals surface area (Å²) in [6.45, 7) is 2.04. The van der Waals surface area contributed by atoms with Gasteiger partial charge in [0.25, 0.3) is 0 Å². The van der Waals surface area contributed by atoms with Gasteiger partial charge in [-0.15, -0.1) is 0 Å². The van der Waals surface area contributed by atoms with E-state index < -0.39 is 128 Å². The van der Waals surface area contributed by atoms with Gasteiger partial charge in [-0.1, -0.05) is 29.2 Å². The summed E-state index contributed by atoms with van der Waals surface area (Å²) in [5, 5.41) is 65.1. The number of aromatic nitrogens is 10. The Morgan fingerprint density at radius 3 is 1.49 bits per heavy atom. The van der Waals surface area contributed by atoms with E-state index in [0.717, 1.165) is 13.7 Å². The molecule has 1 saturated carbocycles. The van der Waals surface area contributed by atoms with Crippen LogP contribution in [0.3, 0.4) is 0 Å². The van der Waals surface area contributed by atoms with E-state index in [1.807, 2.05) is 0 Å². The molecule has 9 rings (SSSR count). The third kappa shape index (κ3) is 13.3. The number of hydrogen-bond acceptors (Lipinski definition) is 23. The summed E-state index contributed by atoms with van der Waals surface area (Å²) in [5.74, 6) is -0.261. The van der Waals surface area contributed by atoms with Crippen molar-refractivity contribution in [3.8, 4) is 0 Å². The summed E-state index contributed by atoms with van der Waals surface area (Å²) in [7, 11) is 0. The van der Waals surface area contributed by atoms with Crippen molar-refractivity contribution in [3.05, 3.63) is 79.4 Å². The molecule has 5 aromatic rings. The van der Waals surface area contributed by atoms with Crippen molar-refractivity contribution in [2.45, 2.75) is 141 Å². The van der Waals surface area contributed by atoms with Crippen LogP contribution in [0, 0.1) is 12.8 Å². The highest BCUT2D eigenvalue weighted by Gasteiger charge is 2.48. The Balaban J connectivity index is 0.000000261. The summed E-state index contributed by atoms with van der Waals surface area (Å²) in [5.41, 5.74) is 20.7. The normalized spacial score (nSPS) is 30.6. The van der Waals surface area contributed by atoms with Crippen LogP contribution in [0.4, 0.5) is 40.8 Å². The van der Waals surface area contributed by atoms with Gasteiger partial charge in [-0.25, -0.2) is 36.9 Å². The van der Waals surface area contributed by atoms with Gasteiger partial charge >= 0.3 is 17.1 Å². The van der Waals surface area contributed by atoms with Crippen molar-refractivity contribution in [3.63, 3.8) is 0 Å². The van der Waals surface area contributed by atoms with Crippen molar-refractivity contribution < 1.29 is 67.5 Å². The monoisotopic (exact) mass is 1090 g/mol. The van der Waals surface area contributed by atoms with E-state index in [-0.39, 0.29) is 63.9 Å². The van der Waals surface area contributed by atoms with Gasteiger partial charge in [-0.2, -0.15) is 24.9 Å². The van der Waals surface area contributed by atoms with Crippen LogP contribution in [0.1, 0.15) is 72.3 Å². The molecule has 3 saturated heterocycles. The number of aliphatic hydroxyl groups is 7. The van der Waals surface area contributed by atoms with Crippen LogP contribution in [-0.4, -0.2) is 171 Å². The highest BCUT2D eigenvalue weighted by atomic mass is 35.5. The Hall–Kier alpha value is -6.00. The third-order valence-corrected chi connectivity index (χ3v) is 12.2. The lowest BCUT2D eigenvalue weighted by Crippen LogP contribution is -2.34. The first-order valence-electron chi connectivity index (χ1n) is 21.8. The fourth-order valence-electron chi connectivity index (χ4n) is 8.09. The number of nitrogens with two attached hydrogens (primary N) is 4. The fraction of sp³-hybridized carbons (Fsp3) is 0.605. The SMILES string of the molecule is C.C.C.CCC1OC(n2ccc(N)nc2=O)C([18F])C1O.Cc1cn(C2OC(CO)C(O)C2[18F])c(=O)nc1N.Nc1ccn(C2OC(CO)C(O)C2[18F])c(=O)n1.Nc1nc(Cl)nc2c1ncn2C1CC(CO)C(O)C1[18F]. The average molecular weight is 1090 g/mol. The van der Waals surface area contributed by atoms with Gasteiger partial charge in [0.1, 0.15) is 59.7 Å². The van der Waals surface area contributed by atoms with E-state index in [2.05, 4.69) is 29.9 Å². The van der Waals surface area contributed by atoms with Crippen LogP contribution in [0.2, 0.25) is 5.28 Å². The van der Waals surface area contributed by atoms with Crippen LogP contribution in [0.5, 0.6) is 0 Å². The van der Waals surface area contributed by atoms with Gasteiger partial charge in [0, 0.05) is 36.7 Å². The predicted octanol–water partition coefficient (Wildman–Crippen LogP) is -0.809. The summed E-state index contributed by atoms with van der Waals surface area (Å²) in [4.78, 5) is 56.9. The number of anilines is 4. The Labute approximate surface area is 430 Å². The van der Waals surface area contributed by atoms with Gasteiger partial charge in [0.15, 0.2) is 48.7 Å². The van der Waals surface area contributed by atoms with E-state index in [9.17, 15) is 52.4 Å². The molecule has 0 aromatic carbocycles. The molecule has 0 spiro atoms. The number of nitrogens with zero attached hydrogens (tertiary/aromatic N) is 10. The zero-order valence-electron chi connectivity index (χ0n) is 38.0. The van der Waals surface area contributed by atoms with Crippen molar-refractivity contribution in [2.75, 3.05) is 42.8 Å². The van der Waals surface area contributed by atoms with Crippen LogP contribution < -0.4 is 40.0 Å². The first-order valence-corrected chi connectivity index (χ1v) is 22.2. The van der Waals surface area contributed by atoms with E-state index in [1.165, 1.54) is 41.6 Å². The number of ether oxygens (including phenoxy) is 3. The molecule has 420 valence electrons. The molecule has 32 heteroatoms. The average Bonchev–Trinajstić information content (AvgIpc) is 4.12. The lowest BCUT2D eigenvalue weighted by Gasteiger charge is -2.16. The molecule has 0 radical (unpaired) electrons. The largest absolute Gasteiger partial charge is 0.396 e. The molecule has 5 aromatic heterocycles. The molecule has 27 nitrogen and oxygen atoms in total. The first kappa shape index (κ1) is 63.3. The maximum atomic E-state index is 14.2. The maximum Gasteiger partial charge on any atom is 0.351 e. The molecule has 0 bridgehead atoms. The van der Waals surface area contributed by atoms with Crippen molar-refractivity contribution in [1.29, 1.82) is 0 Å². The second-order valence-corrected chi connectivity index (χ2v) is 17.1. The Morgan fingerprint density at radius 1 is 0.627 bits per heavy atom. The minimum absolute atomic E-state index is 0. The van der Waals surface area contributed by atoms with Crippen molar-refractivity contribution in [1.82, 2.24) is 48.2 Å². The smallest absolute Gasteiger partial charge is 0.351 e. The summed E-state index contributed by atoms with van der Waals surface area (Å²) in [6, 6.07) is 2.02. The molecule has 16 atom stereocenters. The third-order valence-electron chi connectivity index (χ3n) is 12.1. The minimum Gasteiger partial charge on any atom is -0.396 e. The second kappa shape index (κ2) is 26.7. The standard InChI is InChI=1S/C11H13ClFN5O2.C10H14FN3O4.C10H14FN3O3.C9H12FN3O4.3CH4/c12-11-16-9(14)7-10(17-11)18(3-15-7)5-1-4(2-19)8(20)6(5)13;1-4-2-14(10(17)13-8(4)12)9-6(11)7(16)5(3-15)18-9;1-2-5-8(15)7(11)9(17-5)14-4-3-6(12)13-10(14)16;10-6-7(15)4(3-14)17-8(6)13-2-1-5(11)12-9(13)16;;;/h3-6,8,19-20H,1-2H2,(H2,14,16,17);2,5-7,9,15-16H,3H2,1H3,(H2,12,13,17);3-5,7-9,15H,2H2,1H3,(H2,12,13,16);1-2,4,6-8,14-15H,3H2,(H2,11,12,16);3*1H4/i13-1;2*11-1;10-1;;;. The van der Waals surface area contributed by atoms with Crippen LogP contribution in [0.25, 0.3) is 11.2 Å². The molecule has 8 heterocycles. The number of fused-ring (bicyclic) bond motifs is 1. The zero-order chi connectivity index (χ0) is 53.0. The molecule has 4 aliphatic rings. The number of hydrogen-bond donors (Lipinski definition) is 11. The van der Waals surface area contributed by atoms with Gasteiger partial charge in [-0.05, 0) is 43.5 Å². The Bertz CT molecular complexity index is 2750. The maximum absolute atomic E-state index is 14.2. The number of imidazole rings is 1. The highest BCUT2D eigenvalue weighted by molar-refractivity contribution is 6.28. The van der Waals surface area contributed by atoms with Crippen LogP contribution in [-0.2, 0) is 14.2 Å². The Morgan fingerprint density at radius 2 is 1.08 bits per heavy atom. The number of alkyl halides is 4. The van der Waals surface area contributed by atoms with Crippen molar-refractivity contribution >= 4 is 46.0 Å². The van der Waals surface area contributed by atoms with Crippen molar-refractivity contribution in [2.24, 2.45) is 5.92 Å². The molecule has 75 heavy (non-hydrogen) atoms. The van der Waals surface area contributed by atoms with Gasteiger partial charge < -0.3 is 77.5 Å². The van der Waals surface area contributed by atoms with Crippen LogP contribution >= 0.6 is 11.6 Å². The molecule has 1 aliphatic carbocycles. The topological polar surface area (TPSA) is 422 Å². The van der Waals surface area contributed by atoms with E-state index in [4.69, 9.17) is 64.1 Å². The minimum atomic E-state index is -1.82. The highest BCUT2D eigenvalue weighted by Crippen LogP contribution is 2.39. The number of aryl methyl sites for hydroxylation is 1. The van der Waals surface area contributed by atoms with E-state index in [0.29, 0.717) is 23.1 Å². The predicted molar refractivity (Wildman–Crippen MR) is 262 cm³/mol. The van der Waals surface area contributed by atoms with Gasteiger partial charge in [-0.3, -0.25) is 13.7 Å². The van der Waals surface area contributed by atoms with E-state index in [1.54, 1.807) is 13.8 Å². The lowest BCUT2D eigenvalue weighted by atomic mass is 10.1. The van der Waals surface area contributed by atoms with E-state index >= 15 is 0 Å². The molecule has 4 fully saturated rings. The number of halogens is 5. The zero-order valence-corrected chi connectivity index (χ0v) is 38.7. The quantitative estimate of drug-likeness (QED) is 0.0669. The summed E-state index contributed by atoms with van der Waals surface area (Å²) >= 11 is 5.75. The number of nitrogen functional groups attached to an aromatic ring is 4. The summed E-state index contributed by atoms with van der Waals surface area (Å²) in [6.07, 6.45) is -12.7. The Kier molecular flexibility index (Phi) is 22.5. The second-order valence-electron chi connectivity index (χ2n) is 16.7. The van der Waals surface area contributed by atoms with Crippen LogP contribution in [0.15, 0.2) is 51.4 Å². The molecular weight excluding hydrogens is 1030 g/mol. The van der Waals surface area contributed by atoms with Gasteiger partial charge in [0.05, 0.1) is 37.8 Å². The number of aliphatic hydroxyl groups excluding tert-OH is 7. The molecule has 3 aliphatic heterocycles. The molecule has 15 N–H and O–H groups in total. The molecular formula is C43H65ClF4N14O13.